The summed E-state index contributed by atoms with van der Waals surface area (Å²) in [7, 11) is 3.08. The van der Waals surface area contributed by atoms with E-state index in [-0.39, 0.29) is 6.07 Å². The Morgan fingerprint density at radius 3 is 2.26 bits per heavy atom. The molecule has 244 valence electrons. The molecule has 46 heavy (non-hydrogen) atoms. The van der Waals surface area contributed by atoms with E-state index in [4.69, 9.17) is 10.7 Å². The lowest BCUT2D eigenvalue weighted by Crippen LogP contribution is -2.19. The van der Waals surface area contributed by atoms with Crippen LogP contribution in [-0.2, 0) is 30.7 Å². The fraction of sp³-hybridized carbons (Fsp3) is 0.343. The van der Waals surface area contributed by atoms with Gasteiger partial charge in [0.1, 0.15) is 17.6 Å². The molecular formula is C35H39F4N5O2. The molecule has 2 aromatic heterocycles. The number of imidazole rings is 1. The summed E-state index contributed by atoms with van der Waals surface area (Å²) < 4.78 is 56.3. The highest BCUT2D eigenvalue weighted by Gasteiger charge is 2.19. The predicted octanol–water partition coefficient (Wildman–Crippen LogP) is 7.41. The molecule has 0 amide bonds. The average molecular weight is 638 g/mol. The van der Waals surface area contributed by atoms with Crippen LogP contribution in [0.2, 0.25) is 0 Å². The number of nitrogens with two attached hydrogens (primary N) is 1. The zero-order valence-corrected chi connectivity index (χ0v) is 26.3. The summed E-state index contributed by atoms with van der Waals surface area (Å²) in [5, 5.41) is 1.12. The van der Waals surface area contributed by atoms with Crippen LogP contribution in [0.4, 0.5) is 23.4 Å². The van der Waals surface area contributed by atoms with Gasteiger partial charge in [-0.05, 0) is 50.0 Å². The third-order valence-electron chi connectivity index (χ3n) is 7.68. The highest BCUT2D eigenvalue weighted by molar-refractivity contribution is 6.06. The molecule has 0 spiro atoms. The van der Waals surface area contributed by atoms with E-state index in [2.05, 4.69) is 57.4 Å². The van der Waals surface area contributed by atoms with E-state index in [0.717, 1.165) is 98.5 Å². The van der Waals surface area contributed by atoms with Crippen LogP contribution in [-0.4, -0.2) is 46.4 Å². The van der Waals surface area contributed by atoms with Gasteiger partial charge in [-0.1, -0.05) is 55.8 Å². The molecule has 0 bridgehead atoms. The number of carbonyl (C=O) groups excluding carboxylic acids is 1. The molecule has 2 heterocycles. The van der Waals surface area contributed by atoms with Crippen molar-refractivity contribution in [3.8, 4) is 5.75 Å². The molecule has 0 fully saturated rings. The quantitative estimate of drug-likeness (QED) is 0.0626. The van der Waals surface area contributed by atoms with Crippen molar-refractivity contribution in [3.63, 3.8) is 0 Å². The molecule has 0 aliphatic rings. The zero-order chi connectivity index (χ0) is 33.2. The van der Waals surface area contributed by atoms with Crippen LogP contribution in [0.1, 0.15) is 49.6 Å². The van der Waals surface area contributed by atoms with E-state index >= 15 is 0 Å². The Morgan fingerprint density at radius 2 is 1.61 bits per heavy atom. The van der Waals surface area contributed by atoms with Crippen LogP contribution in [0.25, 0.3) is 21.9 Å². The lowest BCUT2D eigenvalue weighted by Gasteiger charge is -2.17. The Hall–Kier alpha value is -4.51. The van der Waals surface area contributed by atoms with Crippen molar-refractivity contribution in [2.24, 2.45) is 0 Å². The number of pyridine rings is 1. The number of halogens is 4. The van der Waals surface area contributed by atoms with Crippen molar-refractivity contribution in [2.75, 3.05) is 26.4 Å². The number of hydrogen-bond donors (Lipinski definition) is 1. The van der Waals surface area contributed by atoms with E-state index in [1.54, 1.807) is 0 Å². The Labute approximate surface area is 266 Å². The van der Waals surface area contributed by atoms with Gasteiger partial charge in [0, 0.05) is 37.4 Å². The molecule has 3 aromatic carbocycles. The number of nitrogens with zero attached hydrogens (tertiary/aromatic N) is 4. The number of anilines is 1. The van der Waals surface area contributed by atoms with Crippen molar-refractivity contribution >= 4 is 34.0 Å². The molecular weight excluding hydrogens is 598 g/mol. The second kappa shape index (κ2) is 16.2. The van der Waals surface area contributed by atoms with Gasteiger partial charge in [-0.3, -0.25) is 0 Å². The van der Waals surface area contributed by atoms with Gasteiger partial charge in [-0.25, -0.2) is 18.7 Å². The second-order valence-corrected chi connectivity index (χ2v) is 11.1. The molecule has 0 saturated carbocycles. The molecule has 0 saturated heterocycles. The van der Waals surface area contributed by atoms with Crippen molar-refractivity contribution < 1.29 is 27.1 Å². The number of rotatable bonds is 13. The number of carbonyl (C=O) groups is 1. The molecule has 11 heteroatoms. The number of ether oxygens (including phenoxy) is 1. The molecule has 5 aromatic rings. The third kappa shape index (κ3) is 8.20. The maximum atomic E-state index is 12.5. The average Bonchev–Trinajstić information content (AvgIpc) is 3.42. The number of aromatic nitrogens is 3. The van der Waals surface area contributed by atoms with E-state index in [0.29, 0.717) is 12.2 Å². The van der Waals surface area contributed by atoms with E-state index in [9.17, 15) is 22.4 Å². The smallest absolute Gasteiger partial charge is 0.203 e. The van der Waals surface area contributed by atoms with Crippen molar-refractivity contribution in [1.82, 2.24) is 19.4 Å². The molecule has 0 unspecified atom stereocenters. The summed E-state index contributed by atoms with van der Waals surface area (Å²) in [6, 6.07) is 16.7. The van der Waals surface area contributed by atoms with Gasteiger partial charge < -0.3 is 24.7 Å². The van der Waals surface area contributed by atoms with E-state index in [1.165, 1.54) is 5.56 Å². The van der Waals surface area contributed by atoms with Crippen LogP contribution >= 0.6 is 0 Å². The van der Waals surface area contributed by atoms with Gasteiger partial charge in [-0.2, -0.15) is 8.78 Å². The number of unbranched alkanes of at least 4 members (excludes halogenated alkanes) is 2. The minimum Gasteiger partial charge on any atom is -0.491 e. The normalized spacial score (nSPS) is 11.2. The number of hydrogen-bond acceptors (Lipinski definition) is 6. The number of methoxy groups -OCH3 is 1. The fourth-order valence-electron chi connectivity index (χ4n) is 5.32. The molecule has 0 atom stereocenters. The third-order valence-corrected chi connectivity index (χ3v) is 7.68. The minimum atomic E-state index is -1.53. The number of benzene rings is 3. The first-order chi connectivity index (χ1) is 22.2. The summed E-state index contributed by atoms with van der Waals surface area (Å²) in [5.41, 5.74) is 11.5. The Kier molecular flexibility index (Phi) is 12.1. The summed E-state index contributed by atoms with van der Waals surface area (Å²) in [6.45, 7) is 5.07. The zero-order valence-electron chi connectivity index (χ0n) is 26.3. The van der Waals surface area contributed by atoms with Gasteiger partial charge >= 0.3 is 0 Å². The van der Waals surface area contributed by atoms with Crippen molar-refractivity contribution in [3.05, 3.63) is 94.8 Å². The van der Waals surface area contributed by atoms with Gasteiger partial charge in [-0.15, -0.1) is 0 Å². The van der Waals surface area contributed by atoms with Gasteiger partial charge in [0.15, 0.2) is 23.2 Å². The van der Waals surface area contributed by atoms with Gasteiger partial charge in [0.2, 0.25) is 11.6 Å². The molecule has 0 aliphatic heterocycles. The molecule has 7 nitrogen and oxygen atoms in total. The first-order valence-electron chi connectivity index (χ1n) is 15.3. The highest BCUT2D eigenvalue weighted by atomic mass is 19.2. The summed E-state index contributed by atoms with van der Waals surface area (Å²) in [5.74, 6) is -5.44. The number of aryl methyl sites for hydroxylation is 2. The summed E-state index contributed by atoms with van der Waals surface area (Å²) >= 11 is 0. The summed E-state index contributed by atoms with van der Waals surface area (Å²) in [6.07, 6.45) is 6.82. The van der Waals surface area contributed by atoms with Crippen LogP contribution in [0, 0.1) is 23.3 Å². The standard InChI is InChI=1S/C28H35N5O.C7H4F4O/c1-3-4-11-25-31-26-27(23-9-5-6-10-24(23)30-28(26)29)33(25)18-8-7-17-32(2)20-22-14-12-21(13-15-22)16-19-34;1-12-7-5(10)3(8)2-4(9)6(7)11/h5-6,9-10,12-15,19H,3-4,7-8,11,16-18,20H2,1-2H3,(H2,29,30);2H,1H3. The highest BCUT2D eigenvalue weighted by Crippen LogP contribution is 2.30. The van der Waals surface area contributed by atoms with E-state index < -0.39 is 29.0 Å². The molecule has 5 rings (SSSR count). The molecule has 2 N–H and O–H groups in total. The lowest BCUT2D eigenvalue weighted by atomic mass is 10.1. The number of para-hydroxylation sites is 1. The van der Waals surface area contributed by atoms with Crippen molar-refractivity contribution in [2.45, 2.75) is 58.5 Å². The monoisotopic (exact) mass is 637 g/mol. The lowest BCUT2D eigenvalue weighted by molar-refractivity contribution is -0.107. The Bertz CT molecular complexity index is 1750. The van der Waals surface area contributed by atoms with Crippen LogP contribution in [0.3, 0.4) is 0 Å². The fourth-order valence-corrected chi connectivity index (χ4v) is 5.32. The van der Waals surface area contributed by atoms with Crippen LogP contribution < -0.4 is 10.5 Å². The number of fused-ring (bicyclic) bond motifs is 3. The maximum absolute atomic E-state index is 12.5. The van der Waals surface area contributed by atoms with Crippen molar-refractivity contribution in [1.29, 1.82) is 0 Å². The number of nitrogen functional groups attached to an aromatic ring is 1. The van der Waals surface area contributed by atoms with Crippen LogP contribution in [0.15, 0.2) is 54.6 Å². The van der Waals surface area contributed by atoms with Gasteiger partial charge in [0.25, 0.3) is 0 Å². The van der Waals surface area contributed by atoms with Gasteiger partial charge in [0.05, 0.1) is 18.1 Å². The minimum absolute atomic E-state index is 0.118. The second-order valence-electron chi connectivity index (χ2n) is 11.1. The number of aldehydes is 1. The first-order valence-corrected chi connectivity index (χ1v) is 15.3. The van der Waals surface area contributed by atoms with Crippen LogP contribution in [0.5, 0.6) is 5.75 Å². The Balaban J connectivity index is 0.000000337. The SMILES string of the molecule is CCCCc1nc2c(N)nc3ccccc3c2n1CCCCN(C)Cc1ccc(CC=O)cc1.COc1c(F)c(F)cc(F)c1F. The molecule has 0 radical (unpaired) electrons. The topological polar surface area (TPSA) is 86.3 Å². The largest absolute Gasteiger partial charge is 0.491 e. The van der Waals surface area contributed by atoms with E-state index in [1.807, 2.05) is 24.3 Å². The first kappa shape index (κ1) is 34.4. The predicted molar refractivity (Wildman–Crippen MR) is 173 cm³/mol. The Morgan fingerprint density at radius 1 is 0.935 bits per heavy atom. The summed E-state index contributed by atoms with van der Waals surface area (Å²) in [4.78, 5) is 22.6. The molecule has 0 aliphatic carbocycles. The maximum Gasteiger partial charge on any atom is 0.203 e.